The van der Waals surface area contributed by atoms with Gasteiger partial charge >= 0.3 is 0 Å². The summed E-state index contributed by atoms with van der Waals surface area (Å²) in [6.07, 6.45) is 1.92. The number of aryl methyl sites for hydroxylation is 1. The summed E-state index contributed by atoms with van der Waals surface area (Å²) in [6.45, 7) is 8.91. The molecule has 2 aromatic rings. The van der Waals surface area contributed by atoms with Crippen LogP contribution in [0.25, 0.3) is 0 Å². The molecule has 0 radical (unpaired) electrons. The van der Waals surface area contributed by atoms with Gasteiger partial charge in [-0.15, -0.1) is 0 Å². The van der Waals surface area contributed by atoms with Crippen LogP contribution in [0.1, 0.15) is 62.6 Å². The number of halogens is 1. The van der Waals surface area contributed by atoms with E-state index in [1.165, 1.54) is 0 Å². The molecule has 1 heterocycles. The molecule has 8 heteroatoms. The second-order valence-electron chi connectivity index (χ2n) is 6.45. The maximum absolute atomic E-state index is 12.7. The Morgan fingerprint density at radius 1 is 1.30 bits per heavy atom. The van der Waals surface area contributed by atoms with Crippen LogP contribution in [-0.4, -0.2) is 33.9 Å². The van der Waals surface area contributed by atoms with Crippen LogP contribution < -0.4 is 14.8 Å². The van der Waals surface area contributed by atoms with Crippen LogP contribution in [0, 0.1) is 0 Å². The fourth-order valence-corrected chi connectivity index (χ4v) is 2.62. The monoisotopic (exact) mass is 394 g/mol. The minimum absolute atomic E-state index is 0.167. The van der Waals surface area contributed by atoms with Crippen molar-refractivity contribution in [3.63, 3.8) is 0 Å². The lowest BCUT2D eigenvalue weighted by atomic mass is 10.2. The molecule has 0 spiro atoms. The number of amides is 1. The molecule has 0 atom stereocenters. The highest BCUT2D eigenvalue weighted by Crippen LogP contribution is 2.37. The van der Waals surface area contributed by atoms with Gasteiger partial charge < -0.3 is 9.47 Å². The highest BCUT2D eigenvalue weighted by molar-refractivity contribution is 6.32. The molecule has 0 aliphatic heterocycles. The quantitative estimate of drug-likeness (QED) is 0.637. The number of anilines is 1. The van der Waals surface area contributed by atoms with Crippen molar-refractivity contribution in [3.8, 4) is 11.5 Å². The summed E-state index contributed by atoms with van der Waals surface area (Å²) in [5, 5.41) is 7.40. The zero-order valence-electron chi connectivity index (χ0n) is 16.5. The Balaban J connectivity index is 2.25. The van der Waals surface area contributed by atoms with E-state index in [-0.39, 0.29) is 11.8 Å². The van der Waals surface area contributed by atoms with E-state index in [0.717, 1.165) is 12.8 Å². The van der Waals surface area contributed by atoms with Crippen molar-refractivity contribution in [1.82, 2.24) is 14.8 Å². The molecule has 1 amide bonds. The zero-order chi connectivity index (χ0) is 20.0. The second-order valence-corrected chi connectivity index (χ2v) is 6.85. The number of hydrogen-bond acceptors (Lipinski definition) is 5. The molecule has 2 rings (SSSR count). The van der Waals surface area contributed by atoms with Gasteiger partial charge in [0.2, 0.25) is 5.95 Å². The Labute approximate surface area is 165 Å². The highest BCUT2D eigenvalue weighted by atomic mass is 35.5. The van der Waals surface area contributed by atoms with E-state index in [9.17, 15) is 4.79 Å². The second kappa shape index (κ2) is 9.60. The van der Waals surface area contributed by atoms with E-state index >= 15 is 0 Å². The third-order valence-electron chi connectivity index (χ3n) is 3.84. The minimum atomic E-state index is -0.344. The van der Waals surface area contributed by atoms with Crippen molar-refractivity contribution in [3.05, 3.63) is 28.5 Å². The number of carbonyl (C=O) groups excluding carboxylic acids is 1. The van der Waals surface area contributed by atoms with Crippen molar-refractivity contribution < 1.29 is 14.3 Å². The average Bonchev–Trinajstić information content (AvgIpc) is 2.98. The van der Waals surface area contributed by atoms with Crippen molar-refractivity contribution in [1.29, 1.82) is 0 Å². The number of rotatable bonds is 9. The third kappa shape index (κ3) is 5.35. The fourth-order valence-electron chi connectivity index (χ4n) is 2.35. The van der Waals surface area contributed by atoms with Crippen LogP contribution in [0.3, 0.4) is 0 Å². The number of nitrogens with zero attached hydrogens (tertiary/aromatic N) is 3. The highest BCUT2D eigenvalue weighted by Gasteiger charge is 2.19. The van der Waals surface area contributed by atoms with Gasteiger partial charge in [0.05, 0.1) is 18.2 Å². The summed E-state index contributed by atoms with van der Waals surface area (Å²) >= 11 is 6.36. The van der Waals surface area contributed by atoms with Crippen LogP contribution in [0.4, 0.5) is 5.95 Å². The molecule has 0 aliphatic carbocycles. The average molecular weight is 395 g/mol. The molecule has 0 aliphatic rings. The van der Waals surface area contributed by atoms with Gasteiger partial charge in [-0.05, 0) is 25.5 Å². The molecule has 0 saturated carbocycles. The van der Waals surface area contributed by atoms with Crippen LogP contribution in [-0.2, 0) is 7.05 Å². The Morgan fingerprint density at radius 2 is 2.04 bits per heavy atom. The van der Waals surface area contributed by atoms with E-state index in [1.807, 2.05) is 20.8 Å². The number of hydrogen-bond donors (Lipinski definition) is 1. The van der Waals surface area contributed by atoms with Crippen LogP contribution in [0.2, 0.25) is 5.02 Å². The Kier molecular flexibility index (Phi) is 7.47. The smallest absolute Gasteiger partial charge is 0.258 e. The molecule has 1 aromatic carbocycles. The molecule has 0 fully saturated rings. The number of nitrogens with one attached hydrogen (secondary N) is 1. The molecule has 0 saturated heterocycles. The molecule has 0 unspecified atom stereocenters. The lowest BCUT2D eigenvalue weighted by molar-refractivity contribution is 0.102. The zero-order valence-corrected chi connectivity index (χ0v) is 17.3. The minimum Gasteiger partial charge on any atom is -0.490 e. The Bertz CT molecular complexity index is 790. The van der Waals surface area contributed by atoms with Gasteiger partial charge in [0, 0.05) is 18.5 Å². The first kappa shape index (κ1) is 21.0. The number of benzene rings is 1. The molecule has 0 bridgehead atoms. The molecule has 1 aromatic heterocycles. The maximum Gasteiger partial charge on any atom is 0.258 e. The molecule has 27 heavy (non-hydrogen) atoms. The molecular weight excluding hydrogens is 368 g/mol. The van der Waals surface area contributed by atoms with Gasteiger partial charge in [-0.25, -0.2) is 4.68 Å². The van der Waals surface area contributed by atoms with Crippen molar-refractivity contribution in [2.24, 2.45) is 7.05 Å². The van der Waals surface area contributed by atoms with Gasteiger partial charge in [-0.2, -0.15) is 10.1 Å². The third-order valence-corrected chi connectivity index (χ3v) is 4.12. The summed E-state index contributed by atoms with van der Waals surface area (Å²) in [4.78, 5) is 17.0. The van der Waals surface area contributed by atoms with Gasteiger partial charge in [-0.1, -0.05) is 38.8 Å². The lowest BCUT2D eigenvalue weighted by Gasteiger charge is -2.15. The Hall–Kier alpha value is -2.28. The summed E-state index contributed by atoms with van der Waals surface area (Å²) in [5.74, 6) is 1.78. The normalized spacial score (nSPS) is 10.9. The fraction of sp³-hybridized carbons (Fsp3) is 0.526. The van der Waals surface area contributed by atoms with Crippen LogP contribution in [0.15, 0.2) is 12.1 Å². The van der Waals surface area contributed by atoms with Crippen molar-refractivity contribution in [2.45, 2.75) is 46.5 Å². The van der Waals surface area contributed by atoms with Crippen LogP contribution >= 0.6 is 11.6 Å². The van der Waals surface area contributed by atoms with E-state index in [1.54, 1.807) is 23.9 Å². The van der Waals surface area contributed by atoms with E-state index in [2.05, 4.69) is 22.3 Å². The summed E-state index contributed by atoms with van der Waals surface area (Å²) < 4.78 is 12.9. The number of unbranched alkanes of at least 4 members (excludes halogenated alkanes) is 1. The predicted octanol–water partition coefficient (Wildman–Crippen LogP) is 4.42. The van der Waals surface area contributed by atoms with E-state index in [4.69, 9.17) is 21.1 Å². The number of carbonyl (C=O) groups is 1. The van der Waals surface area contributed by atoms with Crippen LogP contribution in [0.5, 0.6) is 11.5 Å². The van der Waals surface area contributed by atoms with Gasteiger partial charge in [0.25, 0.3) is 5.91 Å². The molecule has 1 N–H and O–H groups in total. The summed E-state index contributed by atoms with van der Waals surface area (Å²) in [5.41, 5.74) is 0.361. The SMILES string of the molecule is CCCCOc1c(Cl)cc(C(=O)Nc2nc(C(C)C)nn2C)cc1OCC. The van der Waals surface area contributed by atoms with E-state index in [0.29, 0.717) is 47.1 Å². The van der Waals surface area contributed by atoms with Gasteiger partial charge in [0.15, 0.2) is 17.3 Å². The predicted molar refractivity (Wildman–Crippen MR) is 106 cm³/mol. The Morgan fingerprint density at radius 3 is 2.63 bits per heavy atom. The van der Waals surface area contributed by atoms with E-state index < -0.39 is 0 Å². The summed E-state index contributed by atoms with van der Waals surface area (Å²) in [7, 11) is 1.73. The standard InChI is InChI=1S/C19H27ClN4O3/c1-6-8-9-27-16-14(20)10-13(11-15(16)26-7-2)18(25)22-19-21-17(12(3)4)23-24(19)5/h10-12H,6-9H2,1-5H3,(H,21,22,23,25). The van der Waals surface area contributed by atoms with Gasteiger partial charge in [-0.3, -0.25) is 10.1 Å². The van der Waals surface area contributed by atoms with Gasteiger partial charge in [0.1, 0.15) is 0 Å². The topological polar surface area (TPSA) is 78.3 Å². The van der Waals surface area contributed by atoms with Crippen molar-refractivity contribution >= 4 is 23.5 Å². The first-order valence-electron chi connectivity index (χ1n) is 9.18. The first-order chi connectivity index (χ1) is 12.9. The molecule has 148 valence electrons. The number of aromatic nitrogens is 3. The maximum atomic E-state index is 12.7. The summed E-state index contributed by atoms with van der Waals surface area (Å²) in [6, 6.07) is 3.20. The van der Waals surface area contributed by atoms with Crippen molar-refractivity contribution in [2.75, 3.05) is 18.5 Å². The lowest BCUT2D eigenvalue weighted by Crippen LogP contribution is -2.16. The largest absolute Gasteiger partial charge is 0.490 e. The molecule has 7 nitrogen and oxygen atoms in total. The first-order valence-corrected chi connectivity index (χ1v) is 9.56. The molecular formula is C19H27ClN4O3. The number of ether oxygens (including phenoxy) is 2.